The van der Waals surface area contributed by atoms with Crippen LogP contribution in [-0.4, -0.2) is 20.5 Å². The fraction of sp³-hybridized carbons (Fsp3) is 0.133. The van der Waals surface area contributed by atoms with Crippen LogP contribution in [0.5, 0.6) is 0 Å². The van der Waals surface area contributed by atoms with Crippen LogP contribution in [0.25, 0.3) is 5.65 Å². The fourth-order valence-electron chi connectivity index (χ4n) is 2.18. The van der Waals surface area contributed by atoms with Gasteiger partial charge in [-0.05, 0) is 30.7 Å². The van der Waals surface area contributed by atoms with Gasteiger partial charge in [0.15, 0.2) is 5.65 Å². The molecule has 0 aliphatic rings. The average molecular weight is 284 g/mol. The highest BCUT2D eigenvalue weighted by molar-refractivity contribution is 6.00. The maximum atomic E-state index is 13.1. The number of halogens is 1. The second-order valence-corrected chi connectivity index (χ2v) is 4.66. The number of aryl methyl sites for hydroxylation is 1. The van der Waals surface area contributed by atoms with E-state index < -0.39 is 0 Å². The summed E-state index contributed by atoms with van der Waals surface area (Å²) in [4.78, 5) is 16.5. The lowest BCUT2D eigenvalue weighted by atomic mass is 10.2. The molecule has 3 aromatic rings. The Labute approximate surface area is 120 Å². The summed E-state index contributed by atoms with van der Waals surface area (Å²) in [6.07, 6.45) is 3.35. The number of nitrogens with one attached hydrogen (secondary N) is 1. The molecule has 0 atom stereocenters. The van der Waals surface area contributed by atoms with E-state index in [1.807, 2.05) is 0 Å². The summed E-state index contributed by atoms with van der Waals surface area (Å²) in [6.45, 7) is 2.01. The number of amides is 1. The first-order valence-electron chi connectivity index (χ1n) is 6.48. The largest absolute Gasteiger partial charge is 0.348 e. The number of carbonyl (C=O) groups is 1. The maximum absolute atomic E-state index is 13.1. The molecule has 0 bridgehead atoms. The molecule has 0 aliphatic carbocycles. The highest BCUT2D eigenvalue weighted by Gasteiger charge is 2.17. The van der Waals surface area contributed by atoms with Crippen LogP contribution in [0.2, 0.25) is 0 Å². The Morgan fingerprint density at radius 3 is 3.05 bits per heavy atom. The normalized spacial score (nSPS) is 10.8. The molecular weight excluding hydrogens is 271 g/mol. The van der Waals surface area contributed by atoms with Crippen molar-refractivity contribution >= 4 is 11.6 Å². The summed E-state index contributed by atoms with van der Waals surface area (Å²) in [5.41, 5.74) is 2.25. The van der Waals surface area contributed by atoms with Crippen LogP contribution in [-0.2, 0) is 6.54 Å². The quantitative estimate of drug-likeness (QED) is 0.801. The molecule has 5 nitrogen and oxygen atoms in total. The lowest BCUT2D eigenvalue weighted by molar-refractivity contribution is 0.0951. The summed E-state index contributed by atoms with van der Waals surface area (Å²) in [5, 5.41) is 7.00. The van der Waals surface area contributed by atoms with Crippen LogP contribution in [0, 0.1) is 12.7 Å². The summed E-state index contributed by atoms with van der Waals surface area (Å²) >= 11 is 0. The van der Waals surface area contributed by atoms with Gasteiger partial charge in [-0.25, -0.2) is 13.9 Å². The third-order valence-electron chi connectivity index (χ3n) is 3.14. The average Bonchev–Trinajstić information content (AvgIpc) is 2.81. The van der Waals surface area contributed by atoms with E-state index in [4.69, 9.17) is 0 Å². The van der Waals surface area contributed by atoms with E-state index in [-0.39, 0.29) is 18.3 Å². The molecule has 2 heterocycles. The molecule has 0 radical (unpaired) electrons. The van der Waals surface area contributed by atoms with Crippen molar-refractivity contribution in [1.29, 1.82) is 0 Å². The Morgan fingerprint density at radius 1 is 1.38 bits per heavy atom. The van der Waals surface area contributed by atoms with Crippen LogP contribution in [0.3, 0.4) is 0 Å². The van der Waals surface area contributed by atoms with Gasteiger partial charge in [-0.3, -0.25) is 4.79 Å². The van der Waals surface area contributed by atoms with E-state index in [2.05, 4.69) is 15.4 Å². The monoisotopic (exact) mass is 284 g/mol. The van der Waals surface area contributed by atoms with Crippen molar-refractivity contribution in [3.8, 4) is 0 Å². The maximum Gasteiger partial charge on any atom is 0.257 e. The van der Waals surface area contributed by atoms with Gasteiger partial charge in [0.1, 0.15) is 11.4 Å². The zero-order chi connectivity index (χ0) is 14.8. The molecule has 0 saturated carbocycles. The lowest BCUT2D eigenvalue weighted by Crippen LogP contribution is -2.23. The van der Waals surface area contributed by atoms with Crippen LogP contribution >= 0.6 is 0 Å². The van der Waals surface area contributed by atoms with Gasteiger partial charge in [-0.2, -0.15) is 5.10 Å². The molecule has 0 saturated heterocycles. The number of aromatic nitrogens is 3. The number of fused-ring (bicyclic) bond motifs is 1. The van der Waals surface area contributed by atoms with Crippen molar-refractivity contribution in [2.24, 2.45) is 0 Å². The van der Waals surface area contributed by atoms with Crippen molar-refractivity contribution < 1.29 is 9.18 Å². The van der Waals surface area contributed by atoms with Crippen molar-refractivity contribution in [3.05, 3.63) is 65.4 Å². The summed E-state index contributed by atoms with van der Waals surface area (Å²) in [5.74, 6) is -0.596. The number of hydrogen-bond acceptors (Lipinski definition) is 3. The number of rotatable bonds is 3. The second kappa shape index (κ2) is 5.32. The van der Waals surface area contributed by atoms with E-state index in [9.17, 15) is 9.18 Å². The molecule has 3 rings (SSSR count). The van der Waals surface area contributed by atoms with Gasteiger partial charge in [0.05, 0.1) is 5.69 Å². The van der Waals surface area contributed by atoms with E-state index in [1.54, 1.807) is 42.0 Å². The summed E-state index contributed by atoms with van der Waals surface area (Å²) < 4.78 is 14.7. The first-order chi connectivity index (χ1) is 10.1. The third kappa shape index (κ3) is 2.60. The number of hydrogen-bond donors (Lipinski definition) is 1. The zero-order valence-electron chi connectivity index (χ0n) is 11.4. The SMILES string of the molecule is Cc1nn2cccnc2c1C(=O)NCc1cccc(F)c1. The molecule has 21 heavy (non-hydrogen) atoms. The topological polar surface area (TPSA) is 59.3 Å². The minimum absolute atomic E-state index is 0.250. The van der Waals surface area contributed by atoms with Gasteiger partial charge >= 0.3 is 0 Å². The van der Waals surface area contributed by atoms with E-state index in [0.717, 1.165) is 0 Å². The predicted octanol–water partition coefficient (Wildman–Crippen LogP) is 2.11. The minimum Gasteiger partial charge on any atom is -0.348 e. The molecule has 1 amide bonds. The van der Waals surface area contributed by atoms with Gasteiger partial charge in [-0.15, -0.1) is 0 Å². The first kappa shape index (κ1) is 13.2. The Hall–Kier alpha value is -2.76. The Kier molecular flexibility index (Phi) is 3.35. The standard InChI is InChI=1S/C15H13FN4O/c1-10-13(14-17-6-3-7-20(14)19-10)15(21)18-9-11-4-2-5-12(16)8-11/h2-8H,9H2,1H3,(H,18,21). The Bertz CT molecular complexity index is 812. The van der Waals surface area contributed by atoms with Crippen LogP contribution in [0.1, 0.15) is 21.6 Å². The second-order valence-electron chi connectivity index (χ2n) is 4.66. The molecular formula is C15H13FN4O. The molecule has 0 fully saturated rings. The molecule has 1 N–H and O–H groups in total. The third-order valence-corrected chi connectivity index (χ3v) is 3.14. The molecule has 1 aromatic carbocycles. The zero-order valence-corrected chi connectivity index (χ0v) is 11.4. The number of carbonyl (C=O) groups excluding carboxylic acids is 1. The fourth-order valence-corrected chi connectivity index (χ4v) is 2.18. The molecule has 0 spiro atoms. The molecule has 106 valence electrons. The smallest absolute Gasteiger partial charge is 0.257 e. The highest BCUT2D eigenvalue weighted by atomic mass is 19.1. The molecule has 6 heteroatoms. The van der Waals surface area contributed by atoms with Crippen molar-refractivity contribution in [2.45, 2.75) is 13.5 Å². The highest BCUT2D eigenvalue weighted by Crippen LogP contribution is 2.13. The van der Waals surface area contributed by atoms with Gasteiger partial charge in [-0.1, -0.05) is 12.1 Å². The first-order valence-corrected chi connectivity index (χ1v) is 6.48. The van der Waals surface area contributed by atoms with Crippen molar-refractivity contribution in [1.82, 2.24) is 19.9 Å². The lowest BCUT2D eigenvalue weighted by Gasteiger charge is -2.05. The van der Waals surface area contributed by atoms with Crippen molar-refractivity contribution in [3.63, 3.8) is 0 Å². The van der Waals surface area contributed by atoms with E-state index >= 15 is 0 Å². The Balaban J connectivity index is 1.83. The van der Waals surface area contributed by atoms with Gasteiger partial charge in [0, 0.05) is 18.9 Å². The molecule has 0 unspecified atom stereocenters. The number of nitrogens with zero attached hydrogens (tertiary/aromatic N) is 3. The minimum atomic E-state index is -0.324. The number of benzene rings is 1. The van der Waals surface area contributed by atoms with Crippen LogP contribution in [0.15, 0.2) is 42.7 Å². The predicted molar refractivity (Wildman–Crippen MR) is 75.3 cm³/mol. The van der Waals surface area contributed by atoms with Crippen LogP contribution in [0.4, 0.5) is 4.39 Å². The van der Waals surface area contributed by atoms with Gasteiger partial charge in [0.2, 0.25) is 0 Å². The summed E-state index contributed by atoms with van der Waals surface area (Å²) in [6, 6.07) is 7.86. The van der Waals surface area contributed by atoms with E-state index in [1.165, 1.54) is 12.1 Å². The van der Waals surface area contributed by atoms with E-state index in [0.29, 0.717) is 22.5 Å². The van der Waals surface area contributed by atoms with Crippen LogP contribution < -0.4 is 5.32 Å². The summed E-state index contributed by atoms with van der Waals surface area (Å²) in [7, 11) is 0. The molecule has 2 aromatic heterocycles. The molecule has 0 aliphatic heterocycles. The van der Waals surface area contributed by atoms with Crippen molar-refractivity contribution in [2.75, 3.05) is 0 Å². The van der Waals surface area contributed by atoms with Gasteiger partial charge < -0.3 is 5.32 Å². The van der Waals surface area contributed by atoms with Gasteiger partial charge in [0.25, 0.3) is 5.91 Å². The Morgan fingerprint density at radius 2 is 2.24 bits per heavy atom.